The van der Waals surface area contributed by atoms with Crippen molar-refractivity contribution >= 4 is 40.4 Å². The van der Waals surface area contributed by atoms with E-state index in [9.17, 15) is 9.59 Å². The molecular formula is C29H30ClN3O2. The van der Waals surface area contributed by atoms with Crippen LogP contribution in [-0.2, 0) is 9.59 Å². The molecule has 0 bridgehead atoms. The Hall–Kier alpha value is -3.44. The van der Waals surface area contributed by atoms with Gasteiger partial charge in [0.25, 0.3) is 5.91 Å². The minimum Gasteiger partial charge on any atom is -0.345 e. The number of benzodiazepines with no additional fused rings is 1. The van der Waals surface area contributed by atoms with Gasteiger partial charge in [0.1, 0.15) is 0 Å². The lowest BCUT2D eigenvalue weighted by Gasteiger charge is -2.32. The average Bonchev–Trinajstić information content (AvgIpc) is 2.93. The van der Waals surface area contributed by atoms with Crippen LogP contribution in [0, 0.1) is 12.3 Å². The summed E-state index contributed by atoms with van der Waals surface area (Å²) in [6, 6.07) is 23.0. The van der Waals surface area contributed by atoms with Crippen molar-refractivity contribution in [2.45, 2.75) is 33.9 Å². The van der Waals surface area contributed by atoms with Crippen molar-refractivity contribution in [1.82, 2.24) is 0 Å². The average molecular weight is 488 g/mol. The molecule has 0 fully saturated rings. The number of hydrogen-bond donors (Lipinski definition) is 0. The number of ketones is 1. The molecule has 0 radical (unpaired) electrons. The lowest BCUT2D eigenvalue weighted by molar-refractivity contribution is -0.127. The van der Waals surface area contributed by atoms with E-state index in [0.717, 1.165) is 22.4 Å². The molecule has 180 valence electrons. The number of benzene rings is 3. The second-order valence-corrected chi connectivity index (χ2v) is 10.3. The van der Waals surface area contributed by atoms with E-state index in [1.54, 1.807) is 17.0 Å². The zero-order chi connectivity index (χ0) is 25.3. The number of hydrogen-bond acceptors (Lipinski definition) is 4. The van der Waals surface area contributed by atoms with Gasteiger partial charge < -0.3 is 9.80 Å². The van der Waals surface area contributed by atoms with Crippen LogP contribution in [0.4, 0.5) is 11.4 Å². The van der Waals surface area contributed by atoms with Gasteiger partial charge in [-0.25, -0.2) is 4.99 Å². The van der Waals surface area contributed by atoms with E-state index in [4.69, 9.17) is 16.6 Å². The first-order valence-corrected chi connectivity index (χ1v) is 12.0. The summed E-state index contributed by atoms with van der Waals surface area (Å²) >= 11 is 6.42. The van der Waals surface area contributed by atoms with Crippen LogP contribution in [0.25, 0.3) is 0 Å². The largest absolute Gasteiger partial charge is 0.345 e. The van der Waals surface area contributed by atoms with Crippen molar-refractivity contribution in [3.05, 3.63) is 94.5 Å². The first-order chi connectivity index (χ1) is 16.6. The molecule has 4 rings (SSSR count). The van der Waals surface area contributed by atoms with E-state index < -0.39 is 11.6 Å². The molecule has 0 spiro atoms. The molecule has 0 saturated heterocycles. The van der Waals surface area contributed by atoms with Crippen molar-refractivity contribution in [3.8, 4) is 0 Å². The number of amides is 1. The van der Waals surface area contributed by atoms with Crippen molar-refractivity contribution in [3.63, 3.8) is 0 Å². The number of carbonyl (C=O) groups is 2. The highest BCUT2D eigenvalue weighted by Gasteiger charge is 2.37. The quantitative estimate of drug-likeness (QED) is 0.449. The van der Waals surface area contributed by atoms with E-state index in [0.29, 0.717) is 16.4 Å². The highest BCUT2D eigenvalue weighted by molar-refractivity contribution is 6.32. The Kier molecular flexibility index (Phi) is 6.82. The van der Waals surface area contributed by atoms with Crippen LogP contribution in [0.3, 0.4) is 0 Å². The fraction of sp³-hybridized carbons (Fsp3) is 0.276. The van der Waals surface area contributed by atoms with Gasteiger partial charge in [-0.05, 0) is 36.8 Å². The fourth-order valence-corrected chi connectivity index (χ4v) is 4.32. The minimum atomic E-state index is -0.870. The molecule has 1 aliphatic heterocycles. The van der Waals surface area contributed by atoms with Crippen LogP contribution in [0.15, 0.2) is 77.8 Å². The van der Waals surface area contributed by atoms with E-state index >= 15 is 0 Å². The van der Waals surface area contributed by atoms with Crippen LogP contribution in [0.2, 0.25) is 5.02 Å². The van der Waals surface area contributed by atoms with Gasteiger partial charge in [0.15, 0.2) is 5.78 Å². The molecule has 0 N–H and O–H groups in total. The predicted molar refractivity (Wildman–Crippen MR) is 144 cm³/mol. The number of halogens is 1. The number of likely N-dealkylation sites (N-methyl/N-ethyl adjacent to an activating group) is 1. The number of Topliss-reactive ketones (excluding diaryl/α,β-unsaturated/α-hetero) is 1. The van der Waals surface area contributed by atoms with E-state index in [-0.39, 0.29) is 18.2 Å². The molecule has 1 unspecified atom stereocenters. The maximum Gasteiger partial charge on any atom is 0.272 e. The summed E-state index contributed by atoms with van der Waals surface area (Å²) in [7, 11) is 1.86. The SMILES string of the molecule is Cc1ccccc1N(C)C1N=C(c2ccccc2)c2cc(Cl)ccc2N(CC(=O)C(C)(C)C)C1=O. The maximum absolute atomic E-state index is 14.2. The van der Waals surface area contributed by atoms with Gasteiger partial charge in [0, 0.05) is 34.3 Å². The maximum atomic E-state index is 14.2. The third kappa shape index (κ3) is 5.01. The van der Waals surface area contributed by atoms with Crippen molar-refractivity contribution in [1.29, 1.82) is 0 Å². The Bertz CT molecular complexity index is 1290. The third-order valence-electron chi connectivity index (χ3n) is 6.29. The topological polar surface area (TPSA) is 53.0 Å². The normalized spacial score (nSPS) is 15.8. The Balaban J connectivity index is 1.94. The van der Waals surface area contributed by atoms with Crippen LogP contribution >= 0.6 is 11.6 Å². The zero-order valence-corrected chi connectivity index (χ0v) is 21.5. The summed E-state index contributed by atoms with van der Waals surface area (Å²) in [5.74, 6) is -0.296. The summed E-state index contributed by atoms with van der Waals surface area (Å²) in [6.45, 7) is 7.55. The number of anilines is 2. The van der Waals surface area contributed by atoms with E-state index in [2.05, 4.69) is 0 Å². The Morgan fingerprint density at radius 3 is 2.34 bits per heavy atom. The summed E-state index contributed by atoms with van der Waals surface area (Å²) < 4.78 is 0. The van der Waals surface area contributed by atoms with E-state index in [1.807, 2.05) is 100 Å². The molecular weight excluding hydrogens is 458 g/mol. The lowest BCUT2D eigenvalue weighted by atomic mass is 9.90. The summed E-state index contributed by atoms with van der Waals surface area (Å²) in [5.41, 5.74) is 4.21. The molecule has 35 heavy (non-hydrogen) atoms. The molecule has 0 saturated carbocycles. The van der Waals surface area contributed by atoms with Gasteiger partial charge in [0.2, 0.25) is 6.17 Å². The minimum absolute atomic E-state index is 0.0350. The van der Waals surface area contributed by atoms with Crippen LogP contribution < -0.4 is 9.80 Å². The first kappa shape index (κ1) is 24.7. The third-order valence-corrected chi connectivity index (χ3v) is 6.53. The highest BCUT2D eigenvalue weighted by Crippen LogP contribution is 2.33. The smallest absolute Gasteiger partial charge is 0.272 e. The van der Waals surface area contributed by atoms with Gasteiger partial charge in [-0.2, -0.15) is 0 Å². The number of para-hydroxylation sites is 1. The molecule has 1 aliphatic rings. The number of aliphatic imine (C=N–C) groups is 1. The molecule has 5 nitrogen and oxygen atoms in total. The summed E-state index contributed by atoms with van der Waals surface area (Å²) in [4.78, 5) is 35.8. The summed E-state index contributed by atoms with van der Waals surface area (Å²) in [5, 5.41) is 0.535. The lowest BCUT2D eigenvalue weighted by Crippen LogP contribution is -2.49. The number of carbonyl (C=O) groups excluding carboxylic acids is 2. The van der Waals surface area contributed by atoms with Gasteiger partial charge in [-0.15, -0.1) is 0 Å². The zero-order valence-electron chi connectivity index (χ0n) is 20.7. The van der Waals surface area contributed by atoms with Crippen LogP contribution in [-0.4, -0.2) is 37.2 Å². The predicted octanol–water partition coefficient (Wildman–Crippen LogP) is 5.91. The Morgan fingerprint density at radius 1 is 1.03 bits per heavy atom. The number of nitrogens with zero attached hydrogens (tertiary/aromatic N) is 3. The molecule has 6 heteroatoms. The van der Waals surface area contributed by atoms with Crippen molar-refractivity contribution < 1.29 is 9.59 Å². The monoisotopic (exact) mass is 487 g/mol. The van der Waals surface area contributed by atoms with Gasteiger partial charge in [-0.1, -0.05) is 80.9 Å². The highest BCUT2D eigenvalue weighted by atomic mass is 35.5. The molecule has 3 aromatic carbocycles. The number of aryl methyl sites for hydroxylation is 1. The standard InChI is InChI=1S/C29H30ClN3O2/c1-19-11-9-10-14-23(19)32(5)27-28(35)33(18-25(34)29(2,3)4)24-16-15-21(30)17-22(24)26(31-27)20-12-7-6-8-13-20/h6-17,27H,18H2,1-5H3. The van der Waals surface area contributed by atoms with Gasteiger partial charge in [0.05, 0.1) is 17.9 Å². The molecule has 0 aliphatic carbocycles. The Labute approximate surface area is 212 Å². The molecule has 1 atom stereocenters. The molecule has 0 aromatic heterocycles. The van der Waals surface area contributed by atoms with E-state index in [1.165, 1.54) is 0 Å². The molecule has 1 heterocycles. The number of rotatable bonds is 5. The molecule has 3 aromatic rings. The second kappa shape index (κ2) is 9.67. The van der Waals surface area contributed by atoms with Gasteiger partial charge >= 0.3 is 0 Å². The molecule has 1 amide bonds. The van der Waals surface area contributed by atoms with Crippen LogP contribution in [0.5, 0.6) is 0 Å². The number of fused-ring (bicyclic) bond motifs is 1. The van der Waals surface area contributed by atoms with Gasteiger partial charge in [-0.3, -0.25) is 9.59 Å². The second-order valence-electron chi connectivity index (χ2n) is 9.87. The fourth-order valence-electron chi connectivity index (χ4n) is 4.15. The van der Waals surface area contributed by atoms with Crippen LogP contribution in [0.1, 0.15) is 37.5 Å². The Morgan fingerprint density at radius 2 is 1.69 bits per heavy atom. The first-order valence-electron chi connectivity index (χ1n) is 11.6. The van der Waals surface area contributed by atoms with Crippen molar-refractivity contribution in [2.75, 3.05) is 23.4 Å². The summed E-state index contributed by atoms with van der Waals surface area (Å²) in [6.07, 6.45) is -0.870. The van der Waals surface area contributed by atoms with Crippen molar-refractivity contribution in [2.24, 2.45) is 10.4 Å².